The van der Waals surface area contributed by atoms with Gasteiger partial charge in [-0.2, -0.15) is 12.7 Å². The number of anilines is 1. The van der Waals surface area contributed by atoms with Gasteiger partial charge in [0.2, 0.25) is 0 Å². The molecule has 0 radical (unpaired) electrons. The molecule has 1 heterocycles. The second-order valence-electron chi connectivity index (χ2n) is 3.89. The molecule has 0 atom stereocenters. The van der Waals surface area contributed by atoms with Crippen LogP contribution in [-0.2, 0) is 15.0 Å². The van der Waals surface area contributed by atoms with Crippen LogP contribution in [0.1, 0.15) is 12.0 Å². The first-order valence-corrected chi connectivity index (χ1v) is 7.53. The summed E-state index contributed by atoms with van der Waals surface area (Å²) < 4.78 is 27.7. The van der Waals surface area contributed by atoms with Crippen LogP contribution >= 0.6 is 15.9 Å². The number of hydrogen-bond donors (Lipinski definition) is 2. The fraction of sp³-hybridized carbons (Fsp3) is 0.400. The summed E-state index contributed by atoms with van der Waals surface area (Å²) in [6, 6.07) is 1.58. The zero-order chi connectivity index (χ0) is 14.6. The van der Waals surface area contributed by atoms with Crippen LogP contribution in [0, 0.1) is 6.92 Å². The summed E-state index contributed by atoms with van der Waals surface area (Å²) in [4.78, 5) is 14.3. The normalized spacial score (nSPS) is 11.6. The molecule has 0 aliphatic carbocycles. The number of aryl methyl sites for hydroxylation is 1. The van der Waals surface area contributed by atoms with Crippen LogP contribution in [0.25, 0.3) is 0 Å². The van der Waals surface area contributed by atoms with E-state index >= 15 is 0 Å². The maximum absolute atomic E-state index is 11.9. The Morgan fingerprint density at radius 3 is 2.74 bits per heavy atom. The Hall–Kier alpha value is -1.19. The molecule has 0 spiro atoms. The Bertz CT molecular complexity index is 576. The molecular formula is C10H14BrN3O4S. The number of carboxylic acid groups (broad SMARTS) is 1. The maximum Gasteiger partial charge on any atom is 0.304 e. The summed E-state index contributed by atoms with van der Waals surface area (Å²) in [6.07, 6.45) is 1.23. The Morgan fingerprint density at radius 2 is 2.21 bits per heavy atom. The van der Waals surface area contributed by atoms with Crippen molar-refractivity contribution in [2.45, 2.75) is 13.3 Å². The Kier molecular flexibility index (Phi) is 5.27. The lowest BCUT2D eigenvalue weighted by Gasteiger charge is -2.17. The highest BCUT2D eigenvalue weighted by Crippen LogP contribution is 2.18. The Balaban J connectivity index is 2.78. The van der Waals surface area contributed by atoms with E-state index in [1.807, 2.05) is 0 Å². The third-order valence-corrected chi connectivity index (χ3v) is 4.63. The topological polar surface area (TPSA) is 99.6 Å². The molecule has 0 amide bonds. The van der Waals surface area contributed by atoms with Crippen molar-refractivity contribution < 1.29 is 18.3 Å². The van der Waals surface area contributed by atoms with E-state index in [1.165, 1.54) is 13.2 Å². The molecule has 7 nitrogen and oxygen atoms in total. The van der Waals surface area contributed by atoms with Crippen molar-refractivity contribution in [3.8, 4) is 0 Å². The molecule has 106 valence electrons. The maximum atomic E-state index is 11.9. The molecule has 0 unspecified atom stereocenters. The van der Waals surface area contributed by atoms with Gasteiger partial charge in [0.05, 0.1) is 6.42 Å². The van der Waals surface area contributed by atoms with E-state index in [9.17, 15) is 13.2 Å². The summed E-state index contributed by atoms with van der Waals surface area (Å²) >= 11 is 3.26. The minimum absolute atomic E-state index is 0.111. The second-order valence-corrected chi connectivity index (χ2v) is 6.52. The zero-order valence-electron chi connectivity index (χ0n) is 10.4. The molecule has 9 heteroatoms. The Labute approximate surface area is 120 Å². The summed E-state index contributed by atoms with van der Waals surface area (Å²) in [5.74, 6) is -0.873. The van der Waals surface area contributed by atoms with E-state index in [-0.39, 0.29) is 18.8 Å². The van der Waals surface area contributed by atoms with Crippen molar-refractivity contribution in [3.05, 3.63) is 22.3 Å². The molecule has 2 N–H and O–H groups in total. The van der Waals surface area contributed by atoms with Gasteiger partial charge in [-0.3, -0.25) is 9.52 Å². The summed E-state index contributed by atoms with van der Waals surface area (Å²) in [7, 11) is -2.49. The number of nitrogens with zero attached hydrogens (tertiary/aromatic N) is 2. The number of aliphatic carboxylic acids is 1. The smallest absolute Gasteiger partial charge is 0.304 e. The number of aromatic nitrogens is 1. The quantitative estimate of drug-likeness (QED) is 0.802. The van der Waals surface area contributed by atoms with Crippen LogP contribution < -0.4 is 4.72 Å². The van der Waals surface area contributed by atoms with Gasteiger partial charge in [0.15, 0.2) is 0 Å². The summed E-state index contributed by atoms with van der Waals surface area (Å²) in [5.41, 5.74) is 0.834. The van der Waals surface area contributed by atoms with Gasteiger partial charge in [-0.1, -0.05) is 0 Å². The average Bonchev–Trinajstić information content (AvgIpc) is 2.30. The lowest BCUT2D eigenvalue weighted by atomic mass is 10.3. The van der Waals surface area contributed by atoms with Gasteiger partial charge in [-0.05, 0) is 34.5 Å². The number of hydrogen-bond acceptors (Lipinski definition) is 4. The predicted molar refractivity (Wildman–Crippen MR) is 74.1 cm³/mol. The van der Waals surface area contributed by atoms with Gasteiger partial charge in [0, 0.05) is 24.3 Å². The van der Waals surface area contributed by atoms with Gasteiger partial charge < -0.3 is 5.11 Å². The molecule has 0 aliphatic heterocycles. The number of nitrogens with one attached hydrogen (secondary N) is 1. The van der Waals surface area contributed by atoms with E-state index in [4.69, 9.17) is 5.11 Å². The molecule has 19 heavy (non-hydrogen) atoms. The number of carboxylic acids is 1. The molecule has 0 bridgehead atoms. The number of halogens is 1. The molecular weight excluding hydrogens is 338 g/mol. The molecule has 0 saturated carbocycles. The molecule has 0 fully saturated rings. The summed E-state index contributed by atoms with van der Waals surface area (Å²) in [5, 5.41) is 8.53. The fourth-order valence-electron chi connectivity index (χ4n) is 1.18. The highest BCUT2D eigenvalue weighted by atomic mass is 79.9. The average molecular weight is 352 g/mol. The minimum atomic E-state index is -3.80. The van der Waals surface area contributed by atoms with Gasteiger partial charge in [0.1, 0.15) is 5.82 Å². The van der Waals surface area contributed by atoms with E-state index in [0.717, 1.165) is 14.3 Å². The molecule has 1 rings (SSSR count). The van der Waals surface area contributed by atoms with Crippen molar-refractivity contribution >= 4 is 37.9 Å². The molecule has 1 aromatic heterocycles. The lowest BCUT2D eigenvalue weighted by Crippen LogP contribution is -2.34. The van der Waals surface area contributed by atoms with Crippen LogP contribution in [0.3, 0.4) is 0 Å². The van der Waals surface area contributed by atoms with Crippen LogP contribution in [0.5, 0.6) is 0 Å². The largest absolute Gasteiger partial charge is 0.481 e. The second kappa shape index (κ2) is 6.31. The molecule has 1 aromatic rings. The number of carbonyl (C=O) groups is 1. The van der Waals surface area contributed by atoms with Crippen LogP contribution in [-0.4, -0.2) is 42.4 Å². The standard InChI is InChI=1S/C10H14BrN3O4S/c1-7-5-9(12-6-8(7)11)13-19(17,18)14(2)4-3-10(15)16/h5-6H,3-4H2,1-2H3,(H,12,13)(H,15,16). The molecule has 0 aliphatic rings. The first kappa shape index (κ1) is 15.9. The molecule has 0 saturated heterocycles. The first-order chi connectivity index (χ1) is 8.72. The van der Waals surface area contributed by atoms with Crippen molar-refractivity contribution in [1.82, 2.24) is 9.29 Å². The number of pyridine rings is 1. The fourth-order valence-corrected chi connectivity index (χ4v) is 2.26. The van der Waals surface area contributed by atoms with E-state index in [0.29, 0.717) is 0 Å². The third-order valence-electron chi connectivity index (χ3n) is 2.33. The Morgan fingerprint density at radius 1 is 1.58 bits per heavy atom. The van der Waals surface area contributed by atoms with Gasteiger partial charge >= 0.3 is 16.2 Å². The monoisotopic (exact) mass is 351 g/mol. The summed E-state index contributed by atoms with van der Waals surface area (Å²) in [6.45, 7) is 1.69. The lowest BCUT2D eigenvalue weighted by molar-refractivity contribution is -0.137. The van der Waals surface area contributed by atoms with E-state index in [1.54, 1.807) is 13.0 Å². The first-order valence-electron chi connectivity index (χ1n) is 5.30. The van der Waals surface area contributed by atoms with Crippen molar-refractivity contribution in [2.75, 3.05) is 18.3 Å². The highest BCUT2D eigenvalue weighted by molar-refractivity contribution is 9.10. The van der Waals surface area contributed by atoms with Crippen molar-refractivity contribution in [2.24, 2.45) is 0 Å². The minimum Gasteiger partial charge on any atom is -0.481 e. The molecule has 0 aromatic carbocycles. The highest BCUT2D eigenvalue weighted by Gasteiger charge is 2.19. The van der Waals surface area contributed by atoms with Crippen molar-refractivity contribution in [1.29, 1.82) is 0 Å². The SMILES string of the molecule is Cc1cc(NS(=O)(=O)N(C)CCC(=O)O)ncc1Br. The van der Waals surface area contributed by atoms with Gasteiger partial charge in [-0.25, -0.2) is 4.98 Å². The van der Waals surface area contributed by atoms with Crippen molar-refractivity contribution in [3.63, 3.8) is 0 Å². The van der Waals surface area contributed by atoms with E-state index in [2.05, 4.69) is 25.6 Å². The zero-order valence-corrected chi connectivity index (χ0v) is 12.8. The van der Waals surface area contributed by atoms with Gasteiger partial charge in [-0.15, -0.1) is 0 Å². The number of rotatable bonds is 6. The van der Waals surface area contributed by atoms with Crippen LogP contribution in [0.15, 0.2) is 16.7 Å². The van der Waals surface area contributed by atoms with Crippen LogP contribution in [0.2, 0.25) is 0 Å². The third kappa shape index (κ3) is 4.77. The van der Waals surface area contributed by atoms with Gasteiger partial charge in [0.25, 0.3) is 0 Å². The van der Waals surface area contributed by atoms with Crippen LogP contribution in [0.4, 0.5) is 5.82 Å². The van der Waals surface area contributed by atoms with E-state index < -0.39 is 16.2 Å². The predicted octanol–water partition coefficient (Wildman–Crippen LogP) is 1.22.